The molecule has 1 amide bonds. The van der Waals surface area contributed by atoms with E-state index in [0.717, 1.165) is 6.42 Å². The predicted molar refractivity (Wildman–Crippen MR) is 88.8 cm³/mol. The Kier molecular flexibility index (Phi) is 10.7. The Labute approximate surface area is 179 Å². The number of amides is 1. The maximum Gasteiger partial charge on any atom is 0.337 e. The Balaban J connectivity index is 0.00000312. The van der Waals surface area contributed by atoms with Gasteiger partial charge in [-0.25, -0.2) is 9.86 Å². The number of hydrogen-bond donors (Lipinski definition) is 1. The summed E-state index contributed by atoms with van der Waals surface area (Å²) in [7, 11) is 0. The first-order valence-corrected chi connectivity index (χ1v) is 7.64. The number of pyridine rings is 1. The van der Waals surface area contributed by atoms with Crippen LogP contribution in [-0.4, -0.2) is 46.0 Å². The molecule has 0 unspecified atom stereocenters. The second-order valence-corrected chi connectivity index (χ2v) is 5.16. The molecule has 0 radical (unpaired) electrons. The summed E-state index contributed by atoms with van der Waals surface area (Å²) in [5.74, 6) is -1.50. The maximum atomic E-state index is 12.6. The number of rotatable bonds is 6. The van der Waals surface area contributed by atoms with Crippen LogP contribution in [0.3, 0.4) is 0 Å². The number of nitrogens with zero attached hydrogens (tertiary/aromatic N) is 3. The van der Waals surface area contributed by atoms with Gasteiger partial charge in [-0.1, -0.05) is 12.8 Å². The molecule has 0 saturated carbocycles. The van der Waals surface area contributed by atoms with E-state index in [1.54, 1.807) is 6.92 Å². The molecule has 0 spiro atoms. The Morgan fingerprint density at radius 3 is 2.62 bits per heavy atom. The second kappa shape index (κ2) is 11.3. The average molecular weight is 544 g/mol. The third-order valence-corrected chi connectivity index (χ3v) is 3.28. The van der Waals surface area contributed by atoms with Gasteiger partial charge in [0.25, 0.3) is 5.91 Å². The predicted octanol–water partition coefficient (Wildman–Crippen LogP) is 2.83. The number of aromatic carboxylic acids is 1. The molecular weight excluding hydrogens is 525 g/mol. The molecule has 2 heterocycles. The van der Waals surface area contributed by atoms with Gasteiger partial charge in [0.05, 0.1) is 17.9 Å². The molecule has 1 aromatic rings. The Bertz CT molecular complexity index is 716. The summed E-state index contributed by atoms with van der Waals surface area (Å²) < 4.78 is 0. The van der Waals surface area contributed by atoms with Crippen LogP contribution < -0.4 is 0 Å². The van der Waals surface area contributed by atoms with Gasteiger partial charge in [-0.3, -0.25) is 14.6 Å². The van der Waals surface area contributed by atoms with Crippen molar-refractivity contribution in [2.45, 2.75) is 26.7 Å². The standard InChI is InChI=1S/C16H20N4O4.2Pd/c1-3-5-20(24-4-2)15(21)10-6-12-13(19-14(17)8-10)7-11(9-18-12)16(22)23;;/h6-7,9H,3-5,8H2,1-2H3,(H3,17,19,21,22,23);;/p-1. The van der Waals surface area contributed by atoms with Crippen LogP contribution in [0.25, 0.3) is 11.8 Å². The van der Waals surface area contributed by atoms with Crippen LogP contribution in [0.2, 0.25) is 0 Å². The maximum absolute atomic E-state index is 12.6. The molecule has 10 heteroatoms. The van der Waals surface area contributed by atoms with Gasteiger partial charge >= 0.3 is 5.97 Å². The number of aliphatic imine (C=N–C) groups is 1. The minimum absolute atomic E-state index is 0. The van der Waals surface area contributed by atoms with Gasteiger partial charge in [-0.05, 0) is 37.6 Å². The number of aromatic nitrogens is 1. The number of fused-ring (bicyclic) bond motifs is 1. The van der Waals surface area contributed by atoms with Crippen LogP contribution in [0.5, 0.6) is 0 Å². The van der Waals surface area contributed by atoms with Crippen LogP contribution in [-0.2, 0) is 50.5 Å². The Hall–Kier alpha value is -1.42. The first-order chi connectivity index (χ1) is 11.5. The SMILES string of the molecule is CCCN(OCC)C(=O)C1=Cc2ncc(C(=O)O)cc2N=C([NH-])C1.[Pd].[Pd]. The molecule has 0 atom stereocenters. The molecule has 26 heavy (non-hydrogen) atoms. The second-order valence-electron chi connectivity index (χ2n) is 5.16. The Morgan fingerprint density at radius 1 is 1.35 bits per heavy atom. The number of hydrogen-bond acceptors (Lipinski definition) is 5. The normalized spacial score (nSPS) is 12.4. The fraction of sp³-hybridized carbons (Fsp3) is 0.375. The number of carbonyl (C=O) groups is 2. The van der Waals surface area contributed by atoms with Gasteiger partial charge in [-0.15, -0.1) is 0 Å². The van der Waals surface area contributed by atoms with E-state index >= 15 is 0 Å². The van der Waals surface area contributed by atoms with Crippen molar-refractivity contribution >= 4 is 29.5 Å². The summed E-state index contributed by atoms with van der Waals surface area (Å²) in [6.07, 6.45) is 3.51. The zero-order valence-electron chi connectivity index (χ0n) is 14.2. The molecule has 0 bridgehead atoms. The quantitative estimate of drug-likeness (QED) is 0.437. The molecular formula is C16H19N4O4Pd2-. The minimum atomic E-state index is -1.12. The number of amidine groups is 1. The number of carbonyl (C=O) groups excluding carboxylic acids is 1. The van der Waals surface area contributed by atoms with Crippen LogP contribution in [0.15, 0.2) is 22.8 Å². The molecule has 2 N–H and O–H groups in total. The van der Waals surface area contributed by atoms with E-state index in [1.165, 1.54) is 23.4 Å². The molecule has 1 aliphatic heterocycles. The zero-order chi connectivity index (χ0) is 17.7. The van der Waals surface area contributed by atoms with E-state index < -0.39 is 5.97 Å². The molecule has 1 aliphatic rings. The molecule has 8 nitrogen and oxygen atoms in total. The van der Waals surface area contributed by atoms with Gasteiger partial charge in [0, 0.05) is 59.2 Å². The largest absolute Gasteiger partial charge is 0.485 e. The van der Waals surface area contributed by atoms with Gasteiger partial charge in [0.1, 0.15) is 0 Å². The molecule has 148 valence electrons. The van der Waals surface area contributed by atoms with Crippen molar-refractivity contribution < 1.29 is 60.4 Å². The summed E-state index contributed by atoms with van der Waals surface area (Å²) in [6.45, 7) is 4.52. The van der Waals surface area contributed by atoms with Crippen molar-refractivity contribution in [3.63, 3.8) is 0 Å². The number of carboxylic acids is 1. The van der Waals surface area contributed by atoms with E-state index in [1.807, 2.05) is 6.92 Å². The topological polar surface area (TPSA) is 116 Å². The van der Waals surface area contributed by atoms with E-state index in [0.29, 0.717) is 24.4 Å². The van der Waals surface area contributed by atoms with E-state index in [-0.39, 0.29) is 70.3 Å². The number of nitrogens with one attached hydrogen (secondary N) is 1. The minimum Gasteiger partial charge on any atom is -0.485 e. The van der Waals surface area contributed by atoms with E-state index in [2.05, 4.69) is 9.98 Å². The van der Waals surface area contributed by atoms with Crippen molar-refractivity contribution in [1.82, 2.24) is 10.0 Å². The summed E-state index contributed by atoms with van der Waals surface area (Å²) in [5, 5.41) is 10.3. The first-order valence-electron chi connectivity index (χ1n) is 7.64. The van der Waals surface area contributed by atoms with Gasteiger partial charge in [0.15, 0.2) is 0 Å². The van der Waals surface area contributed by atoms with Gasteiger partial charge < -0.3 is 15.8 Å². The average Bonchev–Trinajstić information content (AvgIpc) is 2.71. The molecule has 2 rings (SSSR count). The van der Waals surface area contributed by atoms with Crippen molar-refractivity contribution in [3.8, 4) is 0 Å². The van der Waals surface area contributed by atoms with Crippen LogP contribution in [0.4, 0.5) is 5.69 Å². The van der Waals surface area contributed by atoms with Crippen LogP contribution in [0.1, 0.15) is 42.7 Å². The summed E-state index contributed by atoms with van der Waals surface area (Å²) in [6, 6.07) is 1.34. The summed E-state index contributed by atoms with van der Waals surface area (Å²) in [5.41, 5.74) is 8.85. The zero-order valence-corrected chi connectivity index (χ0v) is 17.3. The van der Waals surface area contributed by atoms with Crippen molar-refractivity contribution in [3.05, 3.63) is 34.8 Å². The third-order valence-electron chi connectivity index (χ3n) is 3.28. The van der Waals surface area contributed by atoms with Crippen molar-refractivity contribution in [1.29, 1.82) is 0 Å². The molecule has 1 aromatic heterocycles. The van der Waals surface area contributed by atoms with Gasteiger partial charge in [-0.2, -0.15) is 0 Å². The van der Waals surface area contributed by atoms with Crippen molar-refractivity contribution in [2.75, 3.05) is 13.2 Å². The van der Waals surface area contributed by atoms with E-state index in [4.69, 9.17) is 15.7 Å². The van der Waals surface area contributed by atoms with Crippen LogP contribution in [0, 0.1) is 0 Å². The first kappa shape index (κ1) is 24.6. The molecule has 0 aliphatic carbocycles. The smallest absolute Gasteiger partial charge is 0.337 e. The number of hydroxylamine groups is 2. The molecule has 0 fully saturated rings. The summed E-state index contributed by atoms with van der Waals surface area (Å²) in [4.78, 5) is 37.1. The van der Waals surface area contributed by atoms with Gasteiger partial charge in [0.2, 0.25) is 0 Å². The van der Waals surface area contributed by atoms with Crippen molar-refractivity contribution in [2.24, 2.45) is 4.99 Å². The monoisotopic (exact) mass is 543 g/mol. The fourth-order valence-electron chi connectivity index (χ4n) is 2.24. The summed E-state index contributed by atoms with van der Waals surface area (Å²) >= 11 is 0. The van der Waals surface area contributed by atoms with Crippen LogP contribution >= 0.6 is 0 Å². The molecule has 0 aromatic carbocycles. The third kappa shape index (κ3) is 6.08. The van der Waals surface area contributed by atoms with E-state index in [9.17, 15) is 9.59 Å². The molecule has 0 saturated heterocycles. The number of carboxylic acid groups (broad SMARTS) is 1. The Morgan fingerprint density at radius 2 is 2.04 bits per heavy atom. The fourth-order valence-corrected chi connectivity index (χ4v) is 2.24.